The Balaban J connectivity index is 1.28. The summed E-state index contributed by atoms with van der Waals surface area (Å²) in [5.41, 5.74) is 13.0. The number of nitrogens with one attached hydrogen (secondary N) is 2. The molecular weight excluding hydrogens is 557 g/mol. The van der Waals surface area contributed by atoms with E-state index in [9.17, 15) is 9.59 Å². The van der Waals surface area contributed by atoms with Crippen LogP contribution in [0.2, 0.25) is 0 Å². The number of thiophene rings is 1. The second-order valence-electron chi connectivity index (χ2n) is 9.53. The van der Waals surface area contributed by atoms with E-state index in [2.05, 4.69) is 30.5 Å². The Labute approximate surface area is 236 Å². The molecule has 0 radical (unpaired) electrons. The molecule has 5 heterocycles. The van der Waals surface area contributed by atoms with Crippen LogP contribution in [0.4, 0.5) is 21.8 Å². The standard InChI is InChI=1S/C25H28N8O3S3/c26-15-3-1-2-4-16(15)30-25-29-10-13(22(27)35)23(32-25)31-18-11-28-24(38-18)14-12-37-21-17(34)9-19(39-20(14)21)33-5-7-36-8-6-33/h9-12,15-16H,1-8,26H2,(H2,27,35)(H2,29,30,31,32)/t15-,16+/m1/s1. The first-order valence-electron chi connectivity index (χ1n) is 12.8. The summed E-state index contributed by atoms with van der Waals surface area (Å²) in [4.78, 5) is 40.7. The van der Waals surface area contributed by atoms with Gasteiger partial charge in [-0.15, -0.1) is 22.7 Å². The summed E-state index contributed by atoms with van der Waals surface area (Å²) in [5, 5.41) is 10.9. The van der Waals surface area contributed by atoms with Gasteiger partial charge >= 0.3 is 0 Å². The number of nitrogens with zero attached hydrogens (tertiary/aromatic N) is 4. The van der Waals surface area contributed by atoms with Gasteiger partial charge < -0.3 is 31.7 Å². The summed E-state index contributed by atoms with van der Waals surface area (Å²) in [5.74, 6) is 0.0558. The van der Waals surface area contributed by atoms with Crippen molar-refractivity contribution >= 4 is 71.1 Å². The molecule has 1 aliphatic carbocycles. The van der Waals surface area contributed by atoms with Crippen molar-refractivity contribution in [1.82, 2.24) is 15.0 Å². The number of ether oxygens (including phenoxy) is 1. The Kier molecular flexibility index (Phi) is 7.44. The number of hydrogen-bond acceptors (Lipinski definition) is 13. The van der Waals surface area contributed by atoms with Crippen molar-refractivity contribution in [2.75, 3.05) is 41.8 Å². The van der Waals surface area contributed by atoms with Crippen LogP contribution in [0.25, 0.3) is 20.0 Å². The second-order valence-corrected chi connectivity index (χ2v) is 12.5. The van der Waals surface area contributed by atoms with Crippen molar-refractivity contribution in [1.29, 1.82) is 0 Å². The Bertz CT molecular complexity index is 1560. The quantitative estimate of drug-likeness (QED) is 0.253. The zero-order valence-corrected chi connectivity index (χ0v) is 23.5. The third-order valence-electron chi connectivity index (χ3n) is 6.92. The van der Waals surface area contributed by atoms with E-state index >= 15 is 0 Å². The molecule has 1 aliphatic heterocycles. The number of carbonyl (C=O) groups is 1. The van der Waals surface area contributed by atoms with Crippen molar-refractivity contribution in [3.05, 3.63) is 39.6 Å². The maximum atomic E-state index is 12.9. The zero-order chi connectivity index (χ0) is 26.9. The molecule has 39 heavy (non-hydrogen) atoms. The Morgan fingerprint density at radius 2 is 1.92 bits per heavy atom. The average Bonchev–Trinajstić information content (AvgIpc) is 3.58. The highest BCUT2D eigenvalue weighted by molar-refractivity contribution is 7.29. The van der Waals surface area contributed by atoms with E-state index in [0.717, 1.165) is 63.7 Å². The van der Waals surface area contributed by atoms with Gasteiger partial charge in [0.05, 0.1) is 33.8 Å². The molecule has 1 saturated carbocycles. The predicted octanol–water partition coefficient (Wildman–Crippen LogP) is 3.60. The fourth-order valence-electron chi connectivity index (χ4n) is 4.82. The fraction of sp³-hybridized carbons (Fsp3) is 0.400. The van der Waals surface area contributed by atoms with Gasteiger partial charge in [-0.3, -0.25) is 9.59 Å². The average molecular weight is 585 g/mol. The van der Waals surface area contributed by atoms with E-state index in [-0.39, 0.29) is 23.1 Å². The summed E-state index contributed by atoms with van der Waals surface area (Å²) in [6.07, 6.45) is 7.22. The highest BCUT2D eigenvalue weighted by Gasteiger charge is 2.24. The van der Waals surface area contributed by atoms with E-state index in [1.165, 1.54) is 28.9 Å². The molecule has 0 bridgehead atoms. The molecule has 2 atom stereocenters. The van der Waals surface area contributed by atoms with Gasteiger partial charge in [0.15, 0.2) is 5.43 Å². The first-order valence-corrected chi connectivity index (χ1v) is 15.3. The van der Waals surface area contributed by atoms with Gasteiger partial charge in [0.25, 0.3) is 5.91 Å². The van der Waals surface area contributed by atoms with Crippen LogP contribution in [0.15, 0.2) is 28.6 Å². The van der Waals surface area contributed by atoms with Crippen LogP contribution in [0.5, 0.6) is 0 Å². The van der Waals surface area contributed by atoms with Gasteiger partial charge in [0.1, 0.15) is 21.4 Å². The van der Waals surface area contributed by atoms with Crippen molar-refractivity contribution < 1.29 is 9.53 Å². The van der Waals surface area contributed by atoms with E-state index < -0.39 is 5.91 Å². The summed E-state index contributed by atoms with van der Waals surface area (Å²) in [7, 11) is 0. The number of rotatable bonds is 7. The summed E-state index contributed by atoms with van der Waals surface area (Å²) < 4.78 is 7.11. The van der Waals surface area contributed by atoms with Gasteiger partial charge in [-0.25, -0.2) is 9.97 Å². The van der Waals surface area contributed by atoms with Crippen molar-refractivity contribution in [3.8, 4) is 10.6 Å². The summed E-state index contributed by atoms with van der Waals surface area (Å²) >= 11 is 4.44. The molecule has 4 aromatic heterocycles. The topological polar surface area (TPSA) is 161 Å². The monoisotopic (exact) mass is 584 g/mol. The minimum Gasteiger partial charge on any atom is -0.378 e. The van der Waals surface area contributed by atoms with Crippen molar-refractivity contribution in [3.63, 3.8) is 0 Å². The van der Waals surface area contributed by atoms with Crippen LogP contribution in [0.1, 0.15) is 36.0 Å². The van der Waals surface area contributed by atoms with Crippen molar-refractivity contribution in [2.24, 2.45) is 11.5 Å². The molecule has 6 rings (SSSR count). The number of nitrogens with two attached hydrogens (primary N) is 2. The lowest BCUT2D eigenvalue weighted by molar-refractivity contribution is 0.100. The largest absolute Gasteiger partial charge is 0.378 e. The minimum atomic E-state index is -0.632. The smallest absolute Gasteiger partial charge is 0.254 e. The lowest BCUT2D eigenvalue weighted by Crippen LogP contribution is -2.43. The number of carbonyl (C=O) groups excluding carboxylic acids is 1. The third kappa shape index (κ3) is 5.47. The van der Waals surface area contributed by atoms with E-state index in [1.54, 1.807) is 23.6 Å². The number of hydrogen-bond donors (Lipinski definition) is 4. The lowest BCUT2D eigenvalue weighted by Gasteiger charge is -2.29. The summed E-state index contributed by atoms with van der Waals surface area (Å²) in [6.45, 7) is 2.82. The predicted molar refractivity (Wildman–Crippen MR) is 158 cm³/mol. The number of morpholine rings is 1. The van der Waals surface area contributed by atoms with E-state index in [0.29, 0.717) is 30.0 Å². The Hall–Kier alpha value is -3.17. The molecule has 204 valence electrons. The van der Waals surface area contributed by atoms with Crippen LogP contribution in [0, 0.1) is 0 Å². The number of thiazole rings is 1. The normalized spacial score (nSPS) is 19.8. The maximum absolute atomic E-state index is 12.9. The SMILES string of the molecule is NC(=O)c1cnc(N[C@H]2CCCC[C@H]2N)nc1Nc1cnc(-c2csc3c(=O)cc(N4CCOCC4)sc23)s1. The molecule has 2 aliphatic rings. The third-order valence-corrected chi connectivity index (χ3v) is 10.2. The summed E-state index contributed by atoms with van der Waals surface area (Å²) in [6, 6.07) is 1.82. The van der Waals surface area contributed by atoms with Gasteiger partial charge in [-0.1, -0.05) is 24.2 Å². The molecule has 1 saturated heterocycles. The van der Waals surface area contributed by atoms with Crippen LogP contribution < -0.4 is 32.4 Å². The van der Waals surface area contributed by atoms with Crippen LogP contribution in [-0.2, 0) is 4.74 Å². The second kappa shape index (κ2) is 11.1. The van der Waals surface area contributed by atoms with E-state index in [1.807, 2.05) is 5.38 Å². The number of aromatic nitrogens is 3. The van der Waals surface area contributed by atoms with Crippen LogP contribution in [-0.4, -0.2) is 59.2 Å². The van der Waals surface area contributed by atoms with Gasteiger partial charge in [0.2, 0.25) is 5.95 Å². The highest BCUT2D eigenvalue weighted by atomic mass is 32.1. The molecule has 0 aromatic carbocycles. The first-order chi connectivity index (χ1) is 19.0. The molecule has 14 heteroatoms. The lowest BCUT2D eigenvalue weighted by atomic mass is 9.91. The van der Waals surface area contributed by atoms with Gasteiger partial charge in [0, 0.05) is 48.4 Å². The molecule has 4 aromatic rings. The number of anilines is 4. The van der Waals surface area contributed by atoms with Crippen LogP contribution in [0.3, 0.4) is 0 Å². The molecule has 11 nitrogen and oxygen atoms in total. The molecular formula is C25H28N8O3S3. The number of primary amides is 1. The zero-order valence-electron chi connectivity index (χ0n) is 21.0. The molecule has 6 N–H and O–H groups in total. The van der Waals surface area contributed by atoms with E-state index in [4.69, 9.17) is 16.2 Å². The van der Waals surface area contributed by atoms with Gasteiger partial charge in [-0.2, -0.15) is 4.98 Å². The Morgan fingerprint density at radius 3 is 2.72 bits per heavy atom. The fourth-order valence-corrected chi connectivity index (χ4v) is 8.15. The number of amides is 1. The maximum Gasteiger partial charge on any atom is 0.254 e. The Morgan fingerprint density at radius 1 is 1.10 bits per heavy atom. The van der Waals surface area contributed by atoms with Crippen molar-refractivity contribution in [2.45, 2.75) is 37.8 Å². The molecule has 0 unspecified atom stereocenters. The minimum absolute atomic E-state index is 0.0150. The molecule has 0 spiro atoms. The molecule has 2 fully saturated rings. The molecule has 1 amide bonds. The van der Waals surface area contributed by atoms with Crippen LogP contribution >= 0.6 is 34.0 Å². The van der Waals surface area contributed by atoms with Gasteiger partial charge in [-0.05, 0) is 12.8 Å². The highest BCUT2D eigenvalue weighted by Crippen LogP contribution is 2.41. The first kappa shape index (κ1) is 26.1. The number of fused-ring (bicyclic) bond motifs is 1.